The molecule has 3 rings (SSSR count). The normalized spacial score (nSPS) is 18.4. The lowest BCUT2D eigenvalue weighted by Crippen LogP contribution is -2.34. The molecule has 6 nitrogen and oxygen atoms in total. The van der Waals surface area contributed by atoms with Gasteiger partial charge in [0.25, 0.3) is 11.8 Å². The molecule has 2 aromatic rings. The van der Waals surface area contributed by atoms with Crippen molar-refractivity contribution in [2.45, 2.75) is 38.7 Å². The summed E-state index contributed by atoms with van der Waals surface area (Å²) in [4.78, 5) is 24.3. The molecule has 2 atom stereocenters. The van der Waals surface area contributed by atoms with Crippen LogP contribution >= 0.6 is 0 Å². The highest BCUT2D eigenvalue weighted by atomic mass is 16.5. The number of carbonyl (C=O) groups excluding carboxylic acids is 2. The largest absolute Gasteiger partial charge is 0.484 e. The molecule has 0 spiro atoms. The molecular weight excluding hydrogens is 380 g/mol. The van der Waals surface area contributed by atoms with Gasteiger partial charge in [-0.05, 0) is 43.0 Å². The first-order chi connectivity index (χ1) is 14.6. The van der Waals surface area contributed by atoms with Crippen LogP contribution < -0.4 is 15.4 Å². The number of rotatable bonds is 9. The van der Waals surface area contributed by atoms with Crippen molar-refractivity contribution < 1.29 is 19.1 Å². The molecule has 2 unspecified atom stereocenters. The number of ether oxygens (including phenoxy) is 2. The first-order valence-corrected chi connectivity index (χ1v) is 10.6. The molecule has 0 heterocycles. The van der Waals surface area contributed by atoms with Crippen molar-refractivity contribution in [1.82, 2.24) is 5.32 Å². The van der Waals surface area contributed by atoms with Gasteiger partial charge in [-0.15, -0.1) is 0 Å². The zero-order valence-corrected chi connectivity index (χ0v) is 17.4. The Morgan fingerprint density at radius 2 is 1.83 bits per heavy atom. The third-order valence-electron chi connectivity index (χ3n) is 5.29. The Balaban J connectivity index is 1.37. The molecule has 0 aliphatic heterocycles. The maximum Gasteiger partial charge on any atom is 0.258 e. The van der Waals surface area contributed by atoms with Crippen molar-refractivity contribution in [2.75, 3.05) is 25.1 Å². The van der Waals surface area contributed by atoms with E-state index < -0.39 is 0 Å². The molecule has 1 fully saturated rings. The smallest absolute Gasteiger partial charge is 0.258 e. The van der Waals surface area contributed by atoms with E-state index in [1.807, 2.05) is 18.2 Å². The molecule has 160 valence electrons. The Bertz CT molecular complexity index is 825. The summed E-state index contributed by atoms with van der Waals surface area (Å²) in [5, 5.41) is 5.64. The number of benzene rings is 2. The van der Waals surface area contributed by atoms with Crippen molar-refractivity contribution >= 4 is 17.5 Å². The highest BCUT2D eigenvalue weighted by molar-refractivity contribution is 6.04. The molecule has 0 radical (unpaired) electrons. The van der Waals surface area contributed by atoms with Crippen LogP contribution in [0.2, 0.25) is 0 Å². The number of anilines is 1. The van der Waals surface area contributed by atoms with Crippen LogP contribution in [-0.2, 0) is 9.53 Å². The molecule has 2 amide bonds. The minimum atomic E-state index is -0.200. The first kappa shape index (κ1) is 21.8. The summed E-state index contributed by atoms with van der Waals surface area (Å²) in [5.74, 6) is 0.711. The molecule has 2 aromatic carbocycles. The SMILES string of the molecule is CC1CCCCC1OCCNC(=O)COc1cccc(NC(=O)c2ccccc2)c1. The van der Waals surface area contributed by atoms with Gasteiger partial charge in [-0.2, -0.15) is 0 Å². The molecule has 1 saturated carbocycles. The van der Waals surface area contributed by atoms with E-state index in [1.54, 1.807) is 36.4 Å². The first-order valence-electron chi connectivity index (χ1n) is 10.6. The summed E-state index contributed by atoms with van der Waals surface area (Å²) in [5.41, 5.74) is 1.19. The van der Waals surface area contributed by atoms with Crippen LogP contribution in [0.3, 0.4) is 0 Å². The van der Waals surface area contributed by atoms with E-state index in [2.05, 4.69) is 17.6 Å². The van der Waals surface area contributed by atoms with Crippen LogP contribution in [0.1, 0.15) is 43.0 Å². The molecule has 0 saturated heterocycles. The van der Waals surface area contributed by atoms with Gasteiger partial charge in [0.15, 0.2) is 6.61 Å². The maximum atomic E-state index is 12.2. The van der Waals surface area contributed by atoms with Crippen molar-refractivity contribution in [2.24, 2.45) is 5.92 Å². The monoisotopic (exact) mass is 410 g/mol. The zero-order valence-electron chi connectivity index (χ0n) is 17.4. The third kappa shape index (κ3) is 6.88. The lowest BCUT2D eigenvalue weighted by Gasteiger charge is -2.28. The summed E-state index contributed by atoms with van der Waals surface area (Å²) in [7, 11) is 0. The molecule has 0 bridgehead atoms. The van der Waals surface area contributed by atoms with Crippen molar-refractivity contribution in [3.63, 3.8) is 0 Å². The van der Waals surface area contributed by atoms with E-state index in [0.717, 1.165) is 6.42 Å². The van der Waals surface area contributed by atoms with Crippen LogP contribution in [0.15, 0.2) is 54.6 Å². The molecule has 0 aromatic heterocycles. The molecule has 6 heteroatoms. The van der Waals surface area contributed by atoms with Crippen LogP contribution in [0.5, 0.6) is 5.75 Å². The second-order valence-electron chi connectivity index (χ2n) is 7.66. The Morgan fingerprint density at radius 1 is 1.03 bits per heavy atom. The van der Waals surface area contributed by atoms with Gasteiger partial charge >= 0.3 is 0 Å². The fourth-order valence-electron chi connectivity index (χ4n) is 3.59. The summed E-state index contributed by atoms with van der Waals surface area (Å²) in [6.07, 6.45) is 5.14. The van der Waals surface area contributed by atoms with Gasteiger partial charge in [-0.1, -0.05) is 44.0 Å². The second-order valence-corrected chi connectivity index (χ2v) is 7.66. The standard InChI is InChI=1S/C24H30N2O4/c1-18-8-5-6-13-22(18)29-15-14-25-23(27)17-30-21-12-7-11-20(16-21)26-24(28)19-9-3-2-4-10-19/h2-4,7,9-12,16,18,22H,5-6,8,13-15,17H2,1H3,(H,25,27)(H,26,28). The maximum absolute atomic E-state index is 12.2. The van der Waals surface area contributed by atoms with Gasteiger partial charge in [-0.3, -0.25) is 9.59 Å². The van der Waals surface area contributed by atoms with Gasteiger partial charge < -0.3 is 20.1 Å². The summed E-state index contributed by atoms with van der Waals surface area (Å²) in [6, 6.07) is 16.0. The molecule has 1 aliphatic rings. The van der Waals surface area contributed by atoms with Crippen LogP contribution in [0.25, 0.3) is 0 Å². The third-order valence-corrected chi connectivity index (χ3v) is 5.29. The Labute approximate surface area is 178 Å². The highest BCUT2D eigenvalue weighted by Gasteiger charge is 2.21. The van der Waals surface area contributed by atoms with E-state index in [-0.39, 0.29) is 18.4 Å². The van der Waals surface area contributed by atoms with E-state index >= 15 is 0 Å². The van der Waals surface area contributed by atoms with E-state index in [0.29, 0.717) is 42.2 Å². The quantitative estimate of drug-likeness (QED) is 0.612. The lowest BCUT2D eigenvalue weighted by atomic mass is 9.88. The van der Waals surface area contributed by atoms with Crippen molar-refractivity contribution in [3.8, 4) is 5.75 Å². The Kier molecular flexibility index (Phi) is 8.27. The fraction of sp³-hybridized carbons (Fsp3) is 0.417. The lowest BCUT2D eigenvalue weighted by molar-refractivity contribution is -0.123. The Morgan fingerprint density at radius 3 is 2.63 bits per heavy atom. The second kappa shape index (κ2) is 11.4. The summed E-state index contributed by atoms with van der Waals surface area (Å²) in [6.45, 7) is 3.13. The number of hydrogen-bond donors (Lipinski definition) is 2. The number of hydrogen-bond acceptors (Lipinski definition) is 4. The molecule has 1 aliphatic carbocycles. The topological polar surface area (TPSA) is 76.7 Å². The number of carbonyl (C=O) groups is 2. The summed E-state index contributed by atoms with van der Waals surface area (Å²) >= 11 is 0. The summed E-state index contributed by atoms with van der Waals surface area (Å²) < 4.78 is 11.5. The molecular formula is C24H30N2O4. The fourth-order valence-corrected chi connectivity index (χ4v) is 3.59. The van der Waals surface area contributed by atoms with Gasteiger partial charge in [0.2, 0.25) is 0 Å². The predicted molar refractivity (Wildman–Crippen MR) is 117 cm³/mol. The van der Waals surface area contributed by atoms with Gasteiger partial charge in [0, 0.05) is 23.9 Å². The molecule has 2 N–H and O–H groups in total. The minimum absolute atomic E-state index is 0.0874. The van der Waals surface area contributed by atoms with Crippen molar-refractivity contribution in [1.29, 1.82) is 0 Å². The number of nitrogens with one attached hydrogen (secondary N) is 2. The zero-order chi connectivity index (χ0) is 21.2. The molecule has 30 heavy (non-hydrogen) atoms. The predicted octanol–water partition coefficient (Wildman–Crippen LogP) is 4.03. The number of amides is 2. The van der Waals surface area contributed by atoms with Crippen molar-refractivity contribution in [3.05, 3.63) is 60.2 Å². The van der Waals surface area contributed by atoms with E-state index in [4.69, 9.17) is 9.47 Å². The van der Waals surface area contributed by atoms with Gasteiger partial charge in [-0.25, -0.2) is 0 Å². The average molecular weight is 411 g/mol. The van der Waals surface area contributed by atoms with Crippen LogP contribution in [0.4, 0.5) is 5.69 Å². The van der Waals surface area contributed by atoms with E-state index in [9.17, 15) is 9.59 Å². The van der Waals surface area contributed by atoms with Crippen LogP contribution in [-0.4, -0.2) is 37.7 Å². The van der Waals surface area contributed by atoms with Crippen LogP contribution in [0, 0.1) is 5.92 Å². The average Bonchev–Trinajstić information content (AvgIpc) is 2.77. The minimum Gasteiger partial charge on any atom is -0.484 e. The van der Waals surface area contributed by atoms with Gasteiger partial charge in [0.1, 0.15) is 5.75 Å². The Hall–Kier alpha value is -2.86. The van der Waals surface area contributed by atoms with Gasteiger partial charge in [0.05, 0.1) is 12.7 Å². The van der Waals surface area contributed by atoms with E-state index in [1.165, 1.54) is 19.3 Å². The highest BCUT2D eigenvalue weighted by Crippen LogP contribution is 2.26.